The fraction of sp³-hybridized carbons (Fsp3) is 0.294. The smallest absolute Gasteiger partial charge is 0.124 e. The number of aryl methyl sites for hydroxylation is 1. The van der Waals surface area contributed by atoms with Gasteiger partial charge in [0, 0.05) is 10.6 Å². The van der Waals surface area contributed by atoms with E-state index in [9.17, 15) is 0 Å². The molecule has 0 aliphatic rings. The maximum atomic E-state index is 6.15. The van der Waals surface area contributed by atoms with E-state index in [4.69, 9.17) is 16.3 Å². The van der Waals surface area contributed by atoms with E-state index in [0.29, 0.717) is 0 Å². The number of hydrogen-bond acceptors (Lipinski definition) is 2. The van der Waals surface area contributed by atoms with E-state index in [0.717, 1.165) is 22.9 Å². The van der Waals surface area contributed by atoms with Crippen LogP contribution in [0.1, 0.15) is 29.7 Å². The van der Waals surface area contributed by atoms with Crippen LogP contribution in [0.25, 0.3) is 0 Å². The van der Waals surface area contributed by atoms with Gasteiger partial charge in [-0.15, -0.1) is 0 Å². The van der Waals surface area contributed by atoms with Crippen molar-refractivity contribution < 1.29 is 4.74 Å². The number of benzene rings is 2. The van der Waals surface area contributed by atoms with Crippen LogP contribution in [0, 0.1) is 6.92 Å². The third-order valence-electron chi connectivity index (χ3n) is 3.29. The summed E-state index contributed by atoms with van der Waals surface area (Å²) in [5.41, 5.74) is 3.52. The van der Waals surface area contributed by atoms with Crippen molar-refractivity contribution in [3.8, 4) is 5.75 Å². The number of nitrogens with one attached hydrogen (secondary N) is 1. The first-order chi connectivity index (χ1) is 9.65. The topological polar surface area (TPSA) is 21.3 Å². The molecular formula is C17H20ClNO. The lowest BCUT2D eigenvalue weighted by Crippen LogP contribution is -2.22. The minimum atomic E-state index is 0.0774. The molecule has 2 aromatic carbocycles. The molecule has 0 amide bonds. The van der Waals surface area contributed by atoms with Gasteiger partial charge in [0.15, 0.2) is 0 Å². The molecule has 0 saturated heterocycles. The van der Waals surface area contributed by atoms with E-state index in [1.165, 1.54) is 11.1 Å². The fourth-order valence-corrected chi connectivity index (χ4v) is 2.57. The molecule has 1 N–H and O–H groups in total. The van der Waals surface area contributed by atoms with E-state index in [-0.39, 0.29) is 6.04 Å². The largest absolute Gasteiger partial charge is 0.496 e. The predicted molar refractivity (Wildman–Crippen MR) is 84.7 cm³/mol. The molecule has 0 fully saturated rings. The molecule has 0 aromatic heterocycles. The number of rotatable bonds is 5. The standard InChI is InChI=1S/C17H20ClNO/c1-4-19-17(13-7-5-6-12(2)10-13)15-11-14(18)8-9-16(15)20-3/h5-11,17,19H,4H2,1-3H3. The highest BCUT2D eigenvalue weighted by atomic mass is 35.5. The van der Waals surface area contributed by atoms with Gasteiger partial charge in [0.25, 0.3) is 0 Å². The highest BCUT2D eigenvalue weighted by Gasteiger charge is 2.17. The second-order valence-corrected chi connectivity index (χ2v) is 5.23. The molecule has 3 heteroatoms. The van der Waals surface area contributed by atoms with Gasteiger partial charge in [-0.05, 0) is 37.2 Å². The van der Waals surface area contributed by atoms with Crippen LogP contribution in [0.4, 0.5) is 0 Å². The maximum absolute atomic E-state index is 6.15. The van der Waals surface area contributed by atoms with E-state index in [2.05, 4.69) is 43.4 Å². The van der Waals surface area contributed by atoms with Gasteiger partial charge in [-0.2, -0.15) is 0 Å². The molecule has 0 aliphatic carbocycles. The third kappa shape index (κ3) is 3.33. The summed E-state index contributed by atoms with van der Waals surface area (Å²) in [6, 6.07) is 14.3. The van der Waals surface area contributed by atoms with Crippen molar-refractivity contribution >= 4 is 11.6 Å². The fourth-order valence-electron chi connectivity index (χ4n) is 2.39. The van der Waals surface area contributed by atoms with Crippen LogP contribution in [-0.2, 0) is 0 Å². The molecular weight excluding hydrogens is 270 g/mol. The van der Waals surface area contributed by atoms with Gasteiger partial charge >= 0.3 is 0 Å². The van der Waals surface area contributed by atoms with Crippen LogP contribution in [0.3, 0.4) is 0 Å². The second kappa shape index (κ2) is 6.78. The molecule has 2 aromatic rings. The highest BCUT2D eigenvalue weighted by Crippen LogP contribution is 2.32. The molecule has 0 aliphatic heterocycles. The van der Waals surface area contributed by atoms with Gasteiger partial charge in [0.2, 0.25) is 0 Å². The summed E-state index contributed by atoms with van der Waals surface area (Å²) in [5, 5.41) is 4.22. The molecule has 20 heavy (non-hydrogen) atoms. The number of methoxy groups -OCH3 is 1. The first-order valence-electron chi connectivity index (χ1n) is 6.79. The van der Waals surface area contributed by atoms with Crippen molar-refractivity contribution in [2.45, 2.75) is 19.9 Å². The van der Waals surface area contributed by atoms with Crippen molar-refractivity contribution in [3.05, 3.63) is 64.2 Å². The Morgan fingerprint density at radius 1 is 1.20 bits per heavy atom. The van der Waals surface area contributed by atoms with Gasteiger partial charge in [-0.25, -0.2) is 0 Å². The van der Waals surface area contributed by atoms with Gasteiger partial charge in [-0.3, -0.25) is 0 Å². The Balaban J connectivity index is 2.50. The summed E-state index contributed by atoms with van der Waals surface area (Å²) in [6.45, 7) is 5.07. The quantitative estimate of drug-likeness (QED) is 0.883. The maximum Gasteiger partial charge on any atom is 0.124 e. The zero-order valence-corrected chi connectivity index (χ0v) is 12.9. The van der Waals surface area contributed by atoms with Crippen LogP contribution in [-0.4, -0.2) is 13.7 Å². The first-order valence-corrected chi connectivity index (χ1v) is 7.17. The minimum absolute atomic E-state index is 0.0774. The van der Waals surface area contributed by atoms with Gasteiger partial charge in [0.05, 0.1) is 13.2 Å². The van der Waals surface area contributed by atoms with Crippen LogP contribution < -0.4 is 10.1 Å². The van der Waals surface area contributed by atoms with Crippen LogP contribution in [0.2, 0.25) is 5.02 Å². The van der Waals surface area contributed by atoms with Crippen molar-refractivity contribution in [1.29, 1.82) is 0 Å². The average molecular weight is 290 g/mol. The second-order valence-electron chi connectivity index (χ2n) is 4.79. The number of ether oxygens (including phenoxy) is 1. The Hall–Kier alpha value is -1.51. The third-order valence-corrected chi connectivity index (χ3v) is 3.52. The molecule has 2 nitrogen and oxygen atoms in total. The van der Waals surface area contributed by atoms with E-state index in [1.807, 2.05) is 18.2 Å². The van der Waals surface area contributed by atoms with Crippen LogP contribution in [0.15, 0.2) is 42.5 Å². The molecule has 0 radical (unpaired) electrons. The summed E-state index contributed by atoms with van der Waals surface area (Å²) in [4.78, 5) is 0. The lowest BCUT2D eigenvalue weighted by molar-refractivity contribution is 0.404. The lowest BCUT2D eigenvalue weighted by Gasteiger charge is -2.22. The first kappa shape index (κ1) is 14.9. The van der Waals surface area contributed by atoms with Gasteiger partial charge < -0.3 is 10.1 Å². The Kier molecular flexibility index (Phi) is 5.05. The van der Waals surface area contributed by atoms with Crippen LogP contribution in [0.5, 0.6) is 5.75 Å². The summed E-state index contributed by atoms with van der Waals surface area (Å²) in [7, 11) is 1.69. The highest BCUT2D eigenvalue weighted by molar-refractivity contribution is 6.30. The molecule has 2 rings (SSSR count). The molecule has 0 spiro atoms. The van der Waals surface area contributed by atoms with Crippen molar-refractivity contribution in [3.63, 3.8) is 0 Å². The van der Waals surface area contributed by atoms with Crippen molar-refractivity contribution in [2.75, 3.05) is 13.7 Å². The van der Waals surface area contributed by atoms with Crippen molar-refractivity contribution in [2.24, 2.45) is 0 Å². The van der Waals surface area contributed by atoms with Gasteiger partial charge in [-0.1, -0.05) is 48.4 Å². The molecule has 1 unspecified atom stereocenters. The SMILES string of the molecule is CCNC(c1cccc(C)c1)c1cc(Cl)ccc1OC. The van der Waals surface area contributed by atoms with Gasteiger partial charge in [0.1, 0.15) is 5.75 Å². The normalized spacial score (nSPS) is 12.2. The van der Waals surface area contributed by atoms with E-state index < -0.39 is 0 Å². The summed E-state index contributed by atoms with van der Waals surface area (Å²) >= 11 is 6.15. The summed E-state index contributed by atoms with van der Waals surface area (Å²) in [5.74, 6) is 0.849. The Morgan fingerprint density at radius 2 is 2.00 bits per heavy atom. The minimum Gasteiger partial charge on any atom is -0.496 e. The van der Waals surface area contributed by atoms with Crippen molar-refractivity contribution in [1.82, 2.24) is 5.32 Å². The average Bonchev–Trinajstić information content (AvgIpc) is 2.44. The molecule has 1 atom stereocenters. The van der Waals surface area contributed by atoms with E-state index >= 15 is 0 Å². The summed E-state index contributed by atoms with van der Waals surface area (Å²) < 4.78 is 5.48. The summed E-state index contributed by atoms with van der Waals surface area (Å²) in [6.07, 6.45) is 0. The number of hydrogen-bond donors (Lipinski definition) is 1. The Bertz CT molecular complexity index is 583. The zero-order valence-electron chi connectivity index (χ0n) is 12.1. The Morgan fingerprint density at radius 3 is 2.65 bits per heavy atom. The Labute approximate surface area is 125 Å². The monoisotopic (exact) mass is 289 g/mol. The zero-order chi connectivity index (χ0) is 14.5. The lowest BCUT2D eigenvalue weighted by atomic mass is 9.96. The van der Waals surface area contributed by atoms with E-state index in [1.54, 1.807) is 7.11 Å². The molecule has 0 bridgehead atoms. The van der Waals surface area contributed by atoms with Crippen LogP contribution >= 0.6 is 11.6 Å². The predicted octanol–water partition coefficient (Wildman–Crippen LogP) is 4.36. The molecule has 106 valence electrons. The number of halogens is 1. The molecule has 0 heterocycles. The molecule has 0 saturated carbocycles.